The molecule has 34 heavy (non-hydrogen) atoms. The van der Waals surface area contributed by atoms with E-state index in [9.17, 15) is 19.5 Å². The highest BCUT2D eigenvalue weighted by atomic mass is 32.1. The summed E-state index contributed by atoms with van der Waals surface area (Å²) in [7, 11) is 0. The van der Waals surface area contributed by atoms with Crippen LogP contribution in [0.3, 0.4) is 0 Å². The van der Waals surface area contributed by atoms with E-state index in [1.54, 1.807) is 5.38 Å². The molecule has 0 atom stereocenters. The van der Waals surface area contributed by atoms with E-state index in [1.807, 2.05) is 60.7 Å². The molecule has 0 aliphatic carbocycles. The van der Waals surface area contributed by atoms with Gasteiger partial charge in [-0.25, -0.2) is 14.6 Å². The molecule has 3 rings (SSSR count). The molecule has 8 nitrogen and oxygen atoms in total. The van der Waals surface area contributed by atoms with Crippen molar-refractivity contribution < 1.29 is 29.0 Å². The van der Waals surface area contributed by atoms with Crippen molar-refractivity contribution in [1.82, 2.24) is 4.98 Å². The van der Waals surface area contributed by atoms with Gasteiger partial charge in [-0.15, -0.1) is 11.3 Å². The summed E-state index contributed by atoms with van der Waals surface area (Å²) >= 11 is 1.09. The van der Waals surface area contributed by atoms with Gasteiger partial charge in [0.25, 0.3) is 0 Å². The molecule has 1 amide bonds. The number of allylic oxidation sites excluding steroid dienone is 1. The highest BCUT2D eigenvalue weighted by molar-refractivity contribution is 7.14. The Morgan fingerprint density at radius 1 is 0.941 bits per heavy atom. The lowest BCUT2D eigenvalue weighted by molar-refractivity contribution is -0.145. The Balaban J connectivity index is 1.45. The molecule has 0 saturated heterocycles. The van der Waals surface area contributed by atoms with Gasteiger partial charge in [0.1, 0.15) is 13.2 Å². The smallest absolute Gasteiger partial charge is 0.413 e. The number of carbonyl (C=O) groups is 3. The lowest BCUT2D eigenvalue weighted by Gasteiger charge is -2.05. The van der Waals surface area contributed by atoms with Crippen LogP contribution in [0.5, 0.6) is 0 Å². The second-order valence-corrected chi connectivity index (χ2v) is 8.04. The fourth-order valence-electron chi connectivity index (χ4n) is 2.91. The van der Waals surface area contributed by atoms with Gasteiger partial charge in [-0.2, -0.15) is 0 Å². The molecule has 2 aromatic carbocycles. The monoisotopic (exact) mass is 480 g/mol. The number of anilines is 1. The van der Waals surface area contributed by atoms with Crippen LogP contribution in [0.4, 0.5) is 9.93 Å². The highest BCUT2D eigenvalue weighted by Crippen LogP contribution is 2.23. The molecule has 0 spiro atoms. The normalized spacial score (nSPS) is 11.0. The van der Waals surface area contributed by atoms with E-state index in [0.29, 0.717) is 12.8 Å². The van der Waals surface area contributed by atoms with Crippen molar-refractivity contribution in [3.8, 4) is 0 Å². The lowest BCUT2D eigenvalue weighted by Crippen LogP contribution is -2.13. The minimum atomic E-state index is -1.14. The van der Waals surface area contributed by atoms with Crippen molar-refractivity contribution in [2.75, 3.05) is 5.32 Å². The Morgan fingerprint density at radius 3 is 2.18 bits per heavy atom. The summed E-state index contributed by atoms with van der Waals surface area (Å²) < 4.78 is 10.4. The Bertz CT molecular complexity index is 1130. The van der Waals surface area contributed by atoms with Crippen LogP contribution in [0, 0.1) is 0 Å². The second kappa shape index (κ2) is 12.9. The summed E-state index contributed by atoms with van der Waals surface area (Å²) in [6, 6.07) is 18.6. The van der Waals surface area contributed by atoms with Crippen LogP contribution in [-0.2, 0) is 32.3 Å². The number of carbonyl (C=O) groups excluding carboxylic acids is 2. The number of hydrogen-bond donors (Lipinski definition) is 2. The van der Waals surface area contributed by atoms with Crippen molar-refractivity contribution in [1.29, 1.82) is 0 Å². The molecule has 0 aliphatic heterocycles. The largest absolute Gasteiger partial charge is 0.478 e. The van der Waals surface area contributed by atoms with Crippen LogP contribution >= 0.6 is 11.3 Å². The van der Waals surface area contributed by atoms with Crippen LogP contribution in [0.15, 0.2) is 72.1 Å². The molecule has 1 heterocycles. The maximum Gasteiger partial charge on any atom is 0.413 e. The number of aromatic nitrogens is 1. The van der Waals surface area contributed by atoms with Crippen LogP contribution in [-0.4, -0.2) is 28.1 Å². The summed E-state index contributed by atoms with van der Waals surface area (Å²) in [5.41, 5.74) is 1.97. The van der Waals surface area contributed by atoms with Crippen molar-refractivity contribution >= 4 is 40.1 Å². The molecule has 176 valence electrons. The Hall–Kier alpha value is -3.98. The van der Waals surface area contributed by atoms with Crippen LogP contribution in [0.2, 0.25) is 0 Å². The predicted molar refractivity (Wildman–Crippen MR) is 128 cm³/mol. The van der Waals surface area contributed by atoms with Crippen LogP contribution < -0.4 is 5.32 Å². The zero-order valence-corrected chi connectivity index (χ0v) is 19.1. The lowest BCUT2D eigenvalue weighted by atomic mass is 10.1. The first-order valence-corrected chi connectivity index (χ1v) is 11.5. The first kappa shape index (κ1) is 24.7. The fraction of sp³-hybridized carbons (Fsp3) is 0.200. The molecule has 1 aromatic heterocycles. The summed E-state index contributed by atoms with van der Waals surface area (Å²) in [6.07, 6.45) is 1.80. The molecule has 3 aromatic rings. The predicted octanol–water partition coefficient (Wildman–Crippen LogP) is 5.27. The quantitative estimate of drug-likeness (QED) is 0.218. The summed E-state index contributed by atoms with van der Waals surface area (Å²) in [5.74, 6) is -1.49. The van der Waals surface area contributed by atoms with Gasteiger partial charge in [0.2, 0.25) is 0 Å². The summed E-state index contributed by atoms with van der Waals surface area (Å²) in [5, 5.41) is 13.8. The number of hydrogen-bond acceptors (Lipinski definition) is 7. The standard InChI is InChI=1S/C25H24N2O6S/c28-22(32-15-18-9-3-1-4-10-18)14-8-7-13-20(23(29)30)21-17-34-24(26-21)27-25(31)33-16-19-11-5-2-6-12-19/h1-6,9-13,17H,7-8,14-16H2,(H,29,30)(H,26,27,31). The number of thiazole rings is 1. The Morgan fingerprint density at radius 2 is 1.56 bits per heavy atom. The fourth-order valence-corrected chi connectivity index (χ4v) is 3.60. The summed E-state index contributed by atoms with van der Waals surface area (Å²) in [4.78, 5) is 39.7. The maximum atomic E-state index is 12.0. The molecule has 0 aliphatic rings. The van der Waals surface area contributed by atoms with Gasteiger partial charge in [-0.05, 0) is 24.0 Å². The Kier molecular flexibility index (Phi) is 9.36. The van der Waals surface area contributed by atoms with Gasteiger partial charge in [0, 0.05) is 11.8 Å². The average Bonchev–Trinajstić information content (AvgIpc) is 3.30. The minimum absolute atomic E-state index is 0.000365. The van der Waals surface area contributed by atoms with Crippen LogP contribution in [0.25, 0.3) is 5.57 Å². The van der Waals surface area contributed by atoms with E-state index in [-0.39, 0.29) is 42.0 Å². The number of benzene rings is 2. The zero-order valence-electron chi connectivity index (χ0n) is 18.3. The molecular formula is C25H24N2O6S. The number of unbranched alkanes of at least 4 members (excludes halogenated alkanes) is 1. The third-order valence-electron chi connectivity index (χ3n) is 4.61. The first-order valence-electron chi connectivity index (χ1n) is 10.6. The molecule has 0 fully saturated rings. The number of esters is 1. The third-order valence-corrected chi connectivity index (χ3v) is 5.37. The van der Waals surface area contributed by atoms with Gasteiger partial charge in [0.15, 0.2) is 5.13 Å². The second-order valence-electron chi connectivity index (χ2n) is 7.19. The van der Waals surface area contributed by atoms with Crippen molar-refractivity contribution in [2.45, 2.75) is 32.5 Å². The molecular weight excluding hydrogens is 456 g/mol. The van der Waals surface area contributed by atoms with Gasteiger partial charge >= 0.3 is 18.0 Å². The van der Waals surface area contributed by atoms with E-state index in [1.165, 1.54) is 6.08 Å². The van der Waals surface area contributed by atoms with E-state index < -0.39 is 12.1 Å². The number of amides is 1. The zero-order chi connectivity index (χ0) is 24.2. The number of rotatable bonds is 11. The number of carboxylic acids is 1. The van der Waals surface area contributed by atoms with Gasteiger partial charge in [0.05, 0.1) is 11.3 Å². The third kappa shape index (κ3) is 8.18. The topological polar surface area (TPSA) is 115 Å². The molecule has 2 N–H and O–H groups in total. The SMILES string of the molecule is O=C(CCCC=C(C(=O)O)c1csc(NC(=O)OCc2ccccc2)n1)OCc1ccccc1. The first-order chi connectivity index (χ1) is 16.5. The molecule has 0 radical (unpaired) electrons. The maximum absolute atomic E-state index is 12.0. The minimum Gasteiger partial charge on any atom is -0.478 e. The summed E-state index contributed by atoms with van der Waals surface area (Å²) in [6.45, 7) is 0.317. The van der Waals surface area contributed by atoms with E-state index in [4.69, 9.17) is 9.47 Å². The van der Waals surface area contributed by atoms with E-state index in [0.717, 1.165) is 22.5 Å². The molecule has 9 heteroatoms. The molecule has 0 bridgehead atoms. The average molecular weight is 481 g/mol. The molecule has 0 saturated carbocycles. The van der Waals surface area contributed by atoms with Crippen molar-refractivity contribution in [2.24, 2.45) is 0 Å². The Labute approximate surface area is 200 Å². The number of ether oxygens (including phenoxy) is 2. The van der Waals surface area contributed by atoms with Gasteiger partial charge < -0.3 is 14.6 Å². The van der Waals surface area contributed by atoms with Crippen LogP contribution in [0.1, 0.15) is 36.1 Å². The van der Waals surface area contributed by atoms with Crippen molar-refractivity contribution in [3.05, 3.63) is 88.9 Å². The van der Waals surface area contributed by atoms with E-state index >= 15 is 0 Å². The number of nitrogens with zero attached hydrogens (tertiary/aromatic N) is 1. The van der Waals surface area contributed by atoms with Gasteiger partial charge in [-0.3, -0.25) is 10.1 Å². The number of carboxylic acid groups (broad SMARTS) is 1. The van der Waals surface area contributed by atoms with E-state index in [2.05, 4.69) is 10.3 Å². The number of aliphatic carboxylic acids is 1. The highest BCUT2D eigenvalue weighted by Gasteiger charge is 2.16. The van der Waals surface area contributed by atoms with Gasteiger partial charge in [-0.1, -0.05) is 66.7 Å². The number of nitrogens with one attached hydrogen (secondary N) is 1. The molecule has 0 unspecified atom stereocenters. The van der Waals surface area contributed by atoms with Crippen molar-refractivity contribution in [3.63, 3.8) is 0 Å².